The third kappa shape index (κ3) is 4.24. The van der Waals surface area contributed by atoms with Crippen LogP contribution in [0.3, 0.4) is 0 Å². The van der Waals surface area contributed by atoms with Gasteiger partial charge in [0.05, 0.1) is 30.2 Å². The summed E-state index contributed by atoms with van der Waals surface area (Å²) in [6.45, 7) is 1.19. The van der Waals surface area contributed by atoms with Crippen molar-refractivity contribution in [1.29, 1.82) is 0 Å². The minimum Gasteiger partial charge on any atom is -0.367 e. The van der Waals surface area contributed by atoms with Gasteiger partial charge in [-0.1, -0.05) is 30.3 Å². The number of benzene rings is 1. The Morgan fingerprint density at radius 2 is 1.97 bits per heavy atom. The number of anilines is 1. The number of methoxy groups -OCH3 is 1. The molecule has 0 bridgehead atoms. The van der Waals surface area contributed by atoms with Crippen molar-refractivity contribution >= 4 is 29.4 Å². The SMILES string of the molecule is COC(C(=O)Nc1ccnn1C1CCN(C(=O)c2cnsn2)CC1)c1ccccc1. The van der Waals surface area contributed by atoms with E-state index in [-0.39, 0.29) is 17.9 Å². The molecular formula is C20H22N6O3S. The van der Waals surface area contributed by atoms with E-state index in [9.17, 15) is 9.59 Å². The van der Waals surface area contributed by atoms with Gasteiger partial charge in [0, 0.05) is 26.3 Å². The molecule has 1 aliphatic rings. The summed E-state index contributed by atoms with van der Waals surface area (Å²) in [4.78, 5) is 27.0. The second-order valence-electron chi connectivity index (χ2n) is 6.99. The van der Waals surface area contributed by atoms with Crippen molar-refractivity contribution in [3.8, 4) is 0 Å². The molecule has 1 unspecified atom stereocenters. The first-order chi connectivity index (χ1) is 14.7. The Balaban J connectivity index is 1.40. The number of hydrogen-bond donors (Lipinski definition) is 1. The predicted molar refractivity (Wildman–Crippen MR) is 111 cm³/mol. The van der Waals surface area contributed by atoms with Crippen LogP contribution in [0.2, 0.25) is 0 Å². The molecule has 1 aliphatic heterocycles. The first kappa shape index (κ1) is 20.2. The second-order valence-corrected chi connectivity index (χ2v) is 7.55. The average molecular weight is 427 g/mol. The summed E-state index contributed by atoms with van der Waals surface area (Å²) in [6, 6.07) is 11.2. The Hall–Kier alpha value is -3.11. The zero-order chi connectivity index (χ0) is 20.9. The van der Waals surface area contributed by atoms with Gasteiger partial charge in [-0.2, -0.15) is 13.8 Å². The van der Waals surface area contributed by atoms with Crippen molar-refractivity contribution in [2.45, 2.75) is 25.0 Å². The summed E-state index contributed by atoms with van der Waals surface area (Å²) >= 11 is 1.03. The zero-order valence-corrected chi connectivity index (χ0v) is 17.3. The maximum atomic E-state index is 12.8. The summed E-state index contributed by atoms with van der Waals surface area (Å²) in [5.41, 5.74) is 1.17. The van der Waals surface area contributed by atoms with Crippen LogP contribution in [0, 0.1) is 0 Å². The van der Waals surface area contributed by atoms with Gasteiger partial charge in [0.25, 0.3) is 11.8 Å². The van der Waals surface area contributed by atoms with E-state index in [4.69, 9.17) is 4.74 Å². The fourth-order valence-corrected chi connectivity index (χ4v) is 4.06. The topological polar surface area (TPSA) is 102 Å². The summed E-state index contributed by atoms with van der Waals surface area (Å²) in [7, 11) is 1.51. The van der Waals surface area contributed by atoms with E-state index in [2.05, 4.69) is 19.2 Å². The first-order valence-electron chi connectivity index (χ1n) is 9.66. The van der Waals surface area contributed by atoms with Crippen LogP contribution in [-0.4, -0.2) is 55.4 Å². The number of hydrogen-bond acceptors (Lipinski definition) is 7. The fourth-order valence-electron chi connectivity index (χ4n) is 3.65. The van der Waals surface area contributed by atoms with Gasteiger partial charge in [0.15, 0.2) is 11.8 Å². The molecule has 9 nitrogen and oxygen atoms in total. The molecule has 3 heterocycles. The van der Waals surface area contributed by atoms with Gasteiger partial charge in [0.2, 0.25) is 0 Å². The molecule has 1 fully saturated rings. The molecule has 0 radical (unpaired) electrons. The third-order valence-corrected chi connectivity index (χ3v) is 5.65. The average Bonchev–Trinajstić information content (AvgIpc) is 3.47. The number of nitrogens with one attached hydrogen (secondary N) is 1. The molecule has 1 atom stereocenters. The van der Waals surface area contributed by atoms with E-state index in [1.165, 1.54) is 13.3 Å². The smallest absolute Gasteiger partial charge is 0.275 e. The molecule has 30 heavy (non-hydrogen) atoms. The highest BCUT2D eigenvalue weighted by Crippen LogP contribution is 2.27. The summed E-state index contributed by atoms with van der Waals surface area (Å²) in [5, 5.41) is 7.34. The molecular weight excluding hydrogens is 404 g/mol. The van der Waals surface area contributed by atoms with Gasteiger partial charge in [0.1, 0.15) is 5.82 Å². The summed E-state index contributed by atoms with van der Waals surface area (Å²) in [5.74, 6) is 0.266. The van der Waals surface area contributed by atoms with Gasteiger partial charge in [-0.15, -0.1) is 0 Å². The lowest BCUT2D eigenvalue weighted by molar-refractivity contribution is -0.126. The van der Waals surface area contributed by atoms with E-state index in [1.54, 1.807) is 17.2 Å². The van der Waals surface area contributed by atoms with Crippen LogP contribution < -0.4 is 5.32 Å². The van der Waals surface area contributed by atoms with Crippen molar-refractivity contribution in [2.75, 3.05) is 25.5 Å². The van der Waals surface area contributed by atoms with Gasteiger partial charge >= 0.3 is 0 Å². The monoisotopic (exact) mass is 426 g/mol. The van der Waals surface area contributed by atoms with Crippen molar-refractivity contribution in [1.82, 2.24) is 23.4 Å². The maximum absolute atomic E-state index is 12.8. The van der Waals surface area contributed by atoms with E-state index >= 15 is 0 Å². The molecule has 1 N–H and O–H groups in total. The number of carbonyl (C=O) groups excluding carboxylic acids is 2. The predicted octanol–water partition coefficient (Wildman–Crippen LogP) is 2.54. The van der Waals surface area contributed by atoms with Crippen LogP contribution in [0.25, 0.3) is 0 Å². The van der Waals surface area contributed by atoms with Crippen LogP contribution in [0.1, 0.15) is 41.0 Å². The maximum Gasteiger partial charge on any atom is 0.275 e. The lowest BCUT2D eigenvalue weighted by Gasteiger charge is -2.32. The van der Waals surface area contributed by atoms with Crippen LogP contribution in [0.15, 0.2) is 48.8 Å². The van der Waals surface area contributed by atoms with E-state index in [0.29, 0.717) is 24.6 Å². The number of rotatable bonds is 6. The minimum absolute atomic E-state index is 0.0885. The molecule has 2 amide bonds. The van der Waals surface area contributed by atoms with Crippen LogP contribution >= 0.6 is 11.7 Å². The van der Waals surface area contributed by atoms with E-state index < -0.39 is 6.10 Å². The minimum atomic E-state index is -0.708. The van der Waals surface area contributed by atoms with Crippen molar-refractivity contribution in [3.05, 3.63) is 60.0 Å². The number of nitrogens with zero attached hydrogens (tertiary/aromatic N) is 5. The molecule has 156 valence electrons. The second kappa shape index (κ2) is 9.14. The Morgan fingerprint density at radius 3 is 2.63 bits per heavy atom. The number of likely N-dealkylation sites (tertiary alicyclic amines) is 1. The lowest BCUT2D eigenvalue weighted by atomic mass is 10.0. The molecule has 1 aromatic carbocycles. The molecule has 10 heteroatoms. The zero-order valence-electron chi connectivity index (χ0n) is 16.5. The standard InChI is InChI=1S/C20H22N6O3S/c1-29-18(14-5-3-2-4-6-14)19(27)23-17-7-10-21-26(17)15-8-11-25(12-9-15)20(28)16-13-22-30-24-16/h2-7,10,13,15,18H,8-9,11-12H2,1H3,(H,23,27). The van der Waals surface area contributed by atoms with Crippen LogP contribution in [-0.2, 0) is 9.53 Å². The van der Waals surface area contributed by atoms with Gasteiger partial charge < -0.3 is 15.0 Å². The fraction of sp³-hybridized carbons (Fsp3) is 0.350. The Labute approximate surface area is 178 Å². The molecule has 3 aromatic rings. The van der Waals surface area contributed by atoms with Crippen LogP contribution in [0.4, 0.5) is 5.82 Å². The Morgan fingerprint density at radius 1 is 1.20 bits per heavy atom. The lowest BCUT2D eigenvalue weighted by Crippen LogP contribution is -2.39. The molecule has 0 saturated carbocycles. The normalized spacial score (nSPS) is 15.7. The number of piperidine rings is 1. The number of amides is 2. The Bertz CT molecular complexity index is 983. The van der Waals surface area contributed by atoms with E-state index in [0.717, 1.165) is 30.1 Å². The van der Waals surface area contributed by atoms with Gasteiger partial charge in [-0.05, 0) is 18.4 Å². The highest BCUT2D eigenvalue weighted by molar-refractivity contribution is 6.99. The van der Waals surface area contributed by atoms with E-state index in [1.807, 2.05) is 35.0 Å². The number of aromatic nitrogens is 4. The quantitative estimate of drug-likeness (QED) is 0.650. The third-order valence-electron chi connectivity index (χ3n) is 5.18. The highest BCUT2D eigenvalue weighted by Gasteiger charge is 2.28. The largest absolute Gasteiger partial charge is 0.367 e. The molecule has 1 saturated heterocycles. The van der Waals surface area contributed by atoms with Gasteiger partial charge in [-0.25, -0.2) is 4.68 Å². The first-order valence-corrected chi connectivity index (χ1v) is 10.4. The number of carbonyl (C=O) groups is 2. The van der Waals surface area contributed by atoms with Crippen molar-refractivity contribution in [3.63, 3.8) is 0 Å². The molecule has 2 aromatic heterocycles. The Kier molecular flexibility index (Phi) is 6.15. The summed E-state index contributed by atoms with van der Waals surface area (Å²) in [6.07, 6.45) is 3.93. The molecule has 0 spiro atoms. The number of ether oxygens (including phenoxy) is 1. The van der Waals surface area contributed by atoms with Crippen molar-refractivity contribution in [2.24, 2.45) is 0 Å². The molecule has 0 aliphatic carbocycles. The van der Waals surface area contributed by atoms with Crippen LogP contribution in [0.5, 0.6) is 0 Å². The molecule has 4 rings (SSSR count). The highest BCUT2D eigenvalue weighted by atomic mass is 32.1. The van der Waals surface area contributed by atoms with Crippen molar-refractivity contribution < 1.29 is 14.3 Å². The summed E-state index contributed by atoms with van der Waals surface area (Å²) < 4.78 is 15.1. The van der Waals surface area contributed by atoms with Gasteiger partial charge in [-0.3, -0.25) is 9.59 Å².